The first-order valence-electron chi connectivity index (χ1n) is 6.54. The van der Waals surface area contributed by atoms with Crippen molar-refractivity contribution in [2.24, 2.45) is 5.92 Å². The molecule has 106 valence electrons. The minimum atomic E-state index is -0.0211. The van der Waals surface area contributed by atoms with E-state index in [4.69, 9.17) is 16.9 Å². The Kier molecular flexibility index (Phi) is 4.46. The molecular weight excluding hydrogens is 276 g/mol. The number of carbonyl (C=O) groups is 1. The van der Waals surface area contributed by atoms with Crippen LogP contribution < -0.4 is 4.90 Å². The Balaban J connectivity index is 2.17. The van der Waals surface area contributed by atoms with Crippen molar-refractivity contribution in [3.05, 3.63) is 22.8 Å². The highest BCUT2D eigenvalue weighted by Crippen LogP contribution is 2.28. The largest absolute Gasteiger partial charge is 0.355 e. The van der Waals surface area contributed by atoms with Gasteiger partial charge in [0.15, 0.2) is 0 Å². The van der Waals surface area contributed by atoms with E-state index in [2.05, 4.69) is 4.98 Å². The van der Waals surface area contributed by atoms with Crippen LogP contribution >= 0.6 is 11.6 Å². The molecule has 1 aromatic rings. The van der Waals surface area contributed by atoms with Crippen LogP contribution in [0.5, 0.6) is 0 Å². The Morgan fingerprint density at radius 1 is 1.60 bits per heavy atom. The van der Waals surface area contributed by atoms with E-state index in [1.807, 2.05) is 11.0 Å². The first-order chi connectivity index (χ1) is 9.52. The molecule has 0 saturated carbocycles. The molecule has 1 aliphatic heterocycles. The van der Waals surface area contributed by atoms with Crippen LogP contribution in [0.15, 0.2) is 12.3 Å². The first-order valence-corrected chi connectivity index (χ1v) is 6.92. The van der Waals surface area contributed by atoms with Crippen LogP contribution in [0.1, 0.15) is 18.4 Å². The van der Waals surface area contributed by atoms with Gasteiger partial charge in [-0.05, 0) is 18.9 Å². The molecule has 1 fully saturated rings. The standard InChI is InChI=1S/C14H17ClN4O/c1-18(2)14(20)11-4-3-5-19(9-11)13-12(15)6-10(7-16)8-17-13/h6,8,11H,3-5,9H2,1-2H3. The zero-order valence-corrected chi connectivity index (χ0v) is 12.4. The van der Waals surface area contributed by atoms with Gasteiger partial charge in [0.05, 0.1) is 16.5 Å². The lowest BCUT2D eigenvalue weighted by Gasteiger charge is -2.34. The van der Waals surface area contributed by atoms with Crippen molar-refractivity contribution < 1.29 is 4.79 Å². The van der Waals surface area contributed by atoms with Gasteiger partial charge in [-0.2, -0.15) is 5.26 Å². The number of hydrogen-bond donors (Lipinski definition) is 0. The molecule has 1 amide bonds. The van der Waals surface area contributed by atoms with Gasteiger partial charge in [0.25, 0.3) is 0 Å². The number of piperidine rings is 1. The van der Waals surface area contributed by atoms with Gasteiger partial charge < -0.3 is 9.80 Å². The molecule has 1 aromatic heterocycles. The van der Waals surface area contributed by atoms with Gasteiger partial charge in [0.2, 0.25) is 5.91 Å². The predicted molar refractivity (Wildman–Crippen MR) is 77.6 cm³/mol. The minimum Gasteiger partial charge on any atom is -0.355 e. The minimum absolute atomic E-state index is 0.0211. The number of aromatic nitrogens is 1. The number of anilines is 1. The third-order valence-corrected chi connectivity index (χ3v) is 3.74. The van der Waals surface area contributed by atoms with Crippen molar-refractivity contribution in [1.82, 2.24) is 9.88 Å². The number of hydrogen-bond acceptors (Lipinski definition) is 4. The van der Waals surface area contributed by atoms with Gasteiger partial charge in [-0.15, -0.1) is 0 Å². The molecular formula is C14H17ClN4O. The molecule has 0 N–H and O–H groups in total. The highest BCUT2D eigenvalue weighted by molar-refractivity contribution is 6.33. The molecule has 5 nitrogen and oxygen atoms in total. The second-order valence-electron chi connectivity index (χ2n) is 5.16. The van der Waals surface area contributed by atoms with Crippen LogP contribution in [-0.4, -0.2) is 43.0 Å². The summed E-state index contributed by atoms with van der Waals surface area (Å²) in [6.45, 7) is 1.45. The van der Waals surface area contributed by atoms with E-state index in [0.717, 1.165) is 19.4 Å². The lowest BCUT2D eigenvalue weighted by atomic mass is 9.96. The van der Waals surface area contributed by atoms with Crippen molar-refractivity contribution in [1.29, 1.82) is 5.26 Å². The number of amides is 1. The normalized spacial score (nSPS) is 18.5. The van der Waals surface area contributed by atoms with E-state index >= 15 is 0 Å². The molecule has 2 heterocycles. The summed E-state index contributed by atoms with van der Waals surface area (Å²) in [5.74, 6) is 0.772. The molecule has 2 rings (SSSR count). The zero-order chi connectivity index (χ0) is 14.7. The average Bonchev–Trinajstić information content (AvgIpc) is 2.46. The van der Waals surface area contributed by atoms with Crippen molar-refractivity contribution in [3.63, 3.8) is 0 Å². The lowest BCUT2D eigenvalue weighted by Crippen LogP contribution is -2.43. The Bertz CT molecular complexity index is 553. The maximum atomic E-state index is 12.1. The van der Waals surface area contributed by atoms with E-state index < -0.39 is 0 Å². The fourth-order valence-electron chi connectivity index (χ4n) is 2.46. The number of rotatable bonds is 2. The third-order valence-electron chi connectivity index (χ3n) is 3.46. The van der Waals surface area contributed by atoms with Crippen LogP contribution in [0.3, 0.4) is 0 Å². The molecule has 0 aliphatic carbocycles. The molecule has 6 heteroatoms. The Morgan fingerprint density at radius 3 is 2.95 bits per heavy atom. The smallest absolute Gasteiger partial charge is 0.226 e. The van der Waals surface area contributed by atoms with Crippen LogP contribution in [0.2, 0.25) is 5.02 Å². The van der Waals surface area contributed by atoms with Crippen molar-refractivity contribution in [3.8, 4) is 6.07 Å². The fourth-order valence-corrected chi connectivity index (χ4v) is 2.75. The Hall–Kier alpha value is -1.80. The lowest BCUT2D eigenvalue weighted by molar-refractivity contribution is -0.133. The highest BCUT2D eigenvalue weighted by atomic mass is 35.5. The van der Waals surface area contributed by atoms with Gasteiger partial charge in [-0.1, -0.05) is 11.6 Å². The summed E-state index contributed by atoms with van der Waals surface area (Å²) in [4.78, 5) is 20.0. The fraction of sp³-hybridized carbons (Fsp3) is 0.500. The second-order valence-corrected chi connectivity index (χ2v) is 5.57. The summed E-state index contributed by atoms with van der Waals surface area (Å²) in [7, 11) is 3.54. The maximum absolute atomic E-state index is 12.1. The third kappa shape index (κ3) is 3.02. The highest BCUT2D eigenvalue weighted by Gasteiger charge is 2.28. The number of nitrogens with zero attached hydrogens (tertiary/aromatic N) is 4. The van der Waals surface area contributed by atoms with E-state index in [0.29, 0.717) is 22.9 Å². The van der Waals surface area contributed by atoms with Gasteiger partial charge in [-0.3, -0.25) is 4.79 Å². The van der Waals surface area contributed by atoms with Gasteiger partial charge in [-0.25, -0.2) is 4.98 Å². The summed E-state index contributed by atoms with van der Waals surface area (Å²) in [5, 5.41) is 9.29. The Labute approximate surface area is 123 Å². The molecule has 0 spiro atoms. The molecule has 20 heavy (non-hydrogen) atoms. The van der Waals surface area contributed by atoms with E-state index in [1.165, 1.54) is 6.20 Å². The van der Waals surface area contributed by atoms with Gasteiger partial charge >= 0.3 is 0 Å². The maximum Gasteiger partial charge on any atom is 0.226 e. The van der Waals surface area contributed by atoms with Crippen LogP contribution in [-0.2, 0) is 4.79 Å². The Morgan fingerprint density at radius 2 is 2.35 bits per heavy atom. The monoisotopic (exact) mass is 292 g/mol. The van der Waals surface area contributed by atoms with Gasteiger partial charge in [0.1, 0.15) is 11.9 Å². The molecule has 1 aliphatic rings. The average molecular weight is 293 g/mol. The van der Waals surface area contributed by atoms with E-state index in [9.17, 15) is 4.79 Å². The number of pyridine rings is 1. The summed E-state index contributed by atoms with van der Waals surface area (Å²) < 4.78 is 0. The zero-order valence-electron chi connectivity index (χ0n) is 11.6. The predicted octanol–water partition coefficient (Wildman–Crippen LogP) is 1.91. The second kappa shape index (κ2) is 6.10. The molecule has 1 unspecified atom stereocenters. The molecule has 1 saturated heterocycles. The van der Waals surface area contributed by atoms with Crippen molar-refractivity contribution >= 4 is 23.3 Å². The molecule has 0 aromatic carbocycles. The van der Waals surface area contributed by atoms with Crippen LogP contribution in [0.4, 0.5) is 5.82 Å². The summed E-state index contributed by atoms with van der Waals surface area (Å²) in [5.41, 5.74) is 0.441. The van der Waals surface area contributed by atoms with Crippen LogP contribution in [0.25, 0.3) is 0 Å². The quantitative estimate of drug-likeness (QED) is 0.835. The first kappa shape index (κ1) is 14.6. The van der Waals surface area contributed by atoms with Crippen molar-refractivity contribution in [2.75, 3.05) is 32.1 Å². The molecule has 0 bridgehead atoms. The van der Waals surface area contributed by atoms with Crippen LogP contribution in [0, 0.1) is 17.2 Å². The number of nitriles is 1. The SMILES string of the molecule is CN(C)C(=O)C1CCCN(c2ncc(C#N)cc2Cl)C1. The topological polar surface area (TPSA) is 60.2 Å². The van der Waals surface area contributed by atoms with E-state index in [1.54, 1.807) is 25.1 Å². The number of halogens is 1. The summed E-state index contributed by atoms with van der Waals surface area (Å²) >= 11 is 6.18. The molecule has 1 atom stereocenters. The van der Waals surface area contributed by atoms with Crippen molar-refractivity contribution in [2.45, 2.75) is 12.8 Å². The van der Waals surface area contributed by atoms with E-state index in [-0.39, 0.29) is 11.8 Å². The summed E-state index contributed by atoms with van der Waals surface area (Å²) in [6.07, 6.45) is 3.34. The molecule has 0 radical (unpaired) electrons. The van der Waals surface area contributed by atoms with Gasteiger partial charge in [0, 0.05) is 33.4 Å². The summed E-state index contributed by atoms with van der Waals surface area (Å²) in [6, 6.07) is 3.63. The number of carbonyl (C=O) groups excluding carboxylic acids is 1.